The molecule has 0 bridgehead atoms. The number of amides is 3. The highest BCUT2D eigenvalue weighted by molar-refractivity contribution is 7.10. The number of hydrogen-bond acceptors (Lipinski definition) is 9. The van der Waals surface area contributed by atoms with Crippen molar-refractivity contribution in [2.45, 2.75) is 31.2 Å². The summed E-state index contributed by atoms with van der Waals surface area (Å²) in [4.78, 5) is 42.0. The molecule has 0 radical (unpaired) electrons. The van der Waals surface area contributed by atoms with Gasteiger partial charge < -0.3 is 40.8 Å². The molecule has 6 rings (SSSR count). The maximum absolute atomic E-state index is 13.4. The lowest BCUT2D eigenvalue weighted by atomic mass is 10.1. The highest BCUT2D eigenvalue weighted by atomic mass is 32.1. The highest BCUT2D eigenvalue weighted by Gasteiger charge is 2.52. The lowest BCUT2D eigenvalue weighted by molar-refractivity contribution is -0.152. The van der Waals surface area contributed by atoms with Crippen LogP contribution < -0.4 is 26.4 Å². The highest BCUT2D eigenvalue weighted by Crippen LogP contribution is 2.42. The molecule has 3 aromatic rings. The number of rotatable bonds is 7. The zero-order valence-electron chi connectivity index (χ0n) is 22.8. The van der Waals surface area contributed by atoms with Crippen LogP contribution in [0.2, 0.25) is 0 Å². The third-order valence-electron chi connectivity index (χ3n) is 7.46. The first-order chi connectivity index (χ1) is 20.2. The number of para-hydroxylation sites is 2. The zero-order chi connectivity index (χ0) is 29.4. The van der Waals surface area contributed by atoms with Gasteiger partial charge >= 0.3 is 0 Å². The number of nitrogen functional groups attached to an aromatic ring is 1. The molecule has 3 aliphatic heterocycles. The van der Waals surface area contributed by atoms with E-state index < -0.39 is 23.6 Å². The average molecular weight is 591 g/mol. The minimum absolute atomic E-state index is 0.0481. The number of amidine groups is 1. The maximum Gasteiger partial charge on any atom is 0.251 e. The molecule has 2 aromatic carbocycles. The normalized spacial score (nSPS) is 18.8. The van der Waals surface area contributed by atoms with E-state index in [0.717, 1.165) is 16.3 Å². The number of carbonyl (C=O) groups is 3. The fourth-order valence-corrected chi connectivity index (χ4v) is 6.19. The fraction of sp³-hybridized carbons (Fsp3) is 0.310. The van der Waals surface area contributed by atoms with Crippen LogP contribution in [0.25, 0.3) is 0 Å². The van der Waals surface area contributed by atoms with Gasteiger partial charge in [0, 0.05) is 27.8 Å². The van der Waals surface area contributed by atoms with Crippen LogP contribution in [-0.2, 0) is 19.1 Å². The molecule has 42 heavy (non-hydrogen) atoms. The summed E-state index contributed by atoms with van der Waals surface area (Å²) in [6.07, 6.45) is 0.172. The van der Waals surface area contributed by atoms with Gasteiger partial charge in [-0.15, -0.1) is 11.3 Å². The lowest BCUT2D eigenvalue weighted by Crippen LogP contribution is -2.49. The predicted molar refractivity (Wildman–Crippen MR) is 155 cm³/mol. The Hall–Kier alpha value is -4.46. The van der Waals surface area contributed by atoms with E-state index in [1.165, 1.54) is 16.2 Å². The number of ether oxygens (including phenoxy) is 3. The van der Waals surface area contributed by atoms with E-state index in [0.29, 0.717) is 35.8 Å². The third-order valence-corrected chi connectivity index (χ3v) is 8.58. The molecule has 1 spiro atoms. The molecule has 3 amide bonds. The first-order valence-corrected chi connectivity index (χ1v) is 14.4. The quantitative estimate of drug-likeness (QED) is 0.162. The SMILES string of the molecule is CC(NC(=O)[C@@H]1CC2(CN1C(=O)CNC(=O)c1ccc3c(c1)Oc1ccccc1N3)OCCO2)c1cc(C(=N)N)cs1. The van der Waals surface area contributed by atoms with E-state index in [4.69, 9.17) is 25.4 Å². The van der Waals surface area contributed by atoms with E-state index in [2.05, 4.69) is 16.0 Å². The van der Waals surface area contributed by atoms with Crippen molar-refractivity contribution in [3.05, 3.63) is 69.9 Å². The minimum atomic E-state index is -1.06. The van der Waals surface area contributed by atoms with Gasteiger partial charge in [-0.05, 0) is 43.3 Å². The van der Waals surface area contributed by atoms with Gasteiger partial charge in [0.15, 0.2) is 17.3 Å². The van der Waals surface area contributed by atoms with Crippen molar-refractivity contribution in [1.82, 2.24) is 15.5 Å². The predicted octanol–water partition coefficient (Wildman–Crippen LogP) is 2.83. The van der Waals surface area contributed by atoms with Crippen molar-refractivity contribution in [1.29, 1.82) is 5.41 Å². The van der Waals surface area contributed by atoms with Crippen molar-refractivity contribution in [3.63, 3.8) is 0 Å². The molecule has 0 aliphatic carbocycles. The first-order valence-electron chi connectivity index (χ1n) is 13.5. The van der Waals surface area contributed by atoms with Crippen molar-refractivity contribution >= 4 is 46.3 Å². The number of benzene rings is 2. The lowest BCUT2D eigenvalue weighted by Gasteiger charge is -2.25. The maximum atomic E-state index is 13.4. The van der Waals surface area contributed by atoms with Gasteiger partial charge in [-0.2, -0.15) is 0 Å². The van der Waals surface area contributed by atoms with Gasteiger partial charge in [0.25, 0.3) is 5.91 Å². The number of likely N-dealkylation sites (tertiary alicyclic amines) is 1. The van der Waals surface area contributed by atoms with Crippen LogP contribution in [0.3, 0.4) is 0 Å². The summed E-state index contributed by atoms with van der Waals surface area (Å²) in [6, 6.07) is 13.0. The molecule has 0 saturated carbocycles. The Bertz CT molecular complexity index is 1570. The smallest absolute Gasteiger partial charge is 0.251 e. The monoisotopic (exact) mass is 590 g/mol. The number of anilines is 2. The van der Waals surface area contributed by atoms with E-state index >= 15 is 0 Å². The Morgan fingerprint density at radius 3 is 2.64 bits per heavy atom. The second-order valence-corrected chi connectivity index (χ2v) is 11.3. The van der Waals surface area contributed by atoms with Gasteiger partial charge in [-0.3, -0.25) is 19.8 Å². The van der Waals surface area contributed by atoms with Crippen LogP contribution in [0.15, 0.2) is 53.9 Å². The van der Waals surface area contributed by atoms with Crippen molar-refractivity contribution in [2.24, 2.45) is 5.73 Å². The zero-order valence-corrected chi connectivity index (χ0v) is 23.6. The Kier molecular flexibility index (Phi) is 7.31. The average Bonchev–Trinajstić information content (AvgIpc) is 3.75. The summed E-state index contributed by atoms with van der Waals surface area (Å²) >= 11 is 1.39. The van der Waals surface area contributed by atoms with Crippen LogP contribution in [0, 0.1) is 5.41 Å². The number of carbonyl (C=O) groups excluding carboxylic acids is 3. The van der Waals surface area contributed by atoms with Crippen LogP contribution in [0.4, 0.5) is 11.4 Å². The fourth-order valence-electron chi connectivity index (χ4n) is 5.28. The Morgan fingerprint density at radius 2 is 1.88 bits per heavy atom. The first kappa shape index (κ1) is 27.7. The molecule has 2 fully saturated rings. The van der Waals surface area contributed by atoms with Crippen molar-refractivity contribution in [3.8, 4) is 11.5 Å². The van der Waals surface area contributed by atoms with E-state index in [9.17, 15) is 14.4 Å². The number of fused-ring (bicyclic) bond motifs is 2. The van der Waals surface area contributed by atoms with E-state index in [1.807, 2.05) is 31.2 Å². The summed E-state index contributed by atoms with van der Waals surface area (Å²) in [5.74, 6) is -1.22. The Balaban J connectivity index is 1.11. The summed E-state index contributed by atoms with van der Waals surface area (Å²) in [5, 5.41) is 18.3. The van der Waals surface area contributed by atoms with Gasteiger partial charge in [0.05, 0.1) is 43.7 Å². The van der Waals surface area contributed by atoms with Gasteiger partial charge in [0.2, 0.25) is 11.8 Å². The largest absolute Gasteiger partial charge is 0.453 e. The molecule has 218 valence electrons. The van der Waals surface area contributed by atoms with E-state index in [1.54, 1.807) is 29.6 Å². The molecule has 1 unspecified atom stereocenters. The molecular formula is C29H30N6O6S. The Morgan fingerprint density at radius 1 is 1.12 bits per heavy atom. The number of nitrogens with zero attached hydrogens (tertiary/aromatic N) is 1. The molecule has 2 atom stereocenters. The molecule has 4 heterocycles. The molecule has 12 nitrogen and oxygen atoms in total. The van der Waals surface area contributed by atoms with E-state index in [-0.39, 0.29) is 37.3 Å². The summed E-state index contributed by atoms with van der Waals surface area (Å²) in [7, 11) is 0. The standard InChI is InChI=1S/C29H30N6O6S/c1-16(24-11-18(14-42-24)26(30)31)33-28(38)21-12-29(39-8-9-40-29)15-35(21)25(36)13-32-27(37)17-6-7-20-23(10-17)41-22-5-3-2-4-19(22)34-20/h2-7,10-11,14,16,21,34H,8-9,12-13,15H2,1H3,(H3,30,31)(H,32,37)(H,33,38)/t16?,21-/m0/s1. The number of hydrogen-bond donors (Lipinski definition) is 5. The minimum Gasteiger partial charge on any atom is -0.453 e. The molecule has 3 aliphatic rings. The summed E-state index contributed by atoms with van der Waals surface area (Å²) in [6.45, 7) is 2.31. The van der Waals surface area contributed by atoms with Crippen LogP contribution >= 0.6 is 11.3 Å². The Labute approximate surface area is 245 Å². The number of thiophene rings is 1. The molecular weight excluding hydrogens is 560 g/mol. The number of nitrogens with one attached hydrogen (secondary N) is 4. The molecule has 2 saturated heterocycles. The van der Waals surface area contributed by atoms with Gasteiger partial charge in [-0.1, -0.05) is 12.1 Å². The van der Waals surface area contributed by atoms with Crippen molar-refractivity contribution < 1.29 is 28.6 Å². The third kappa shape index (κ3) is 5.41. The van der Waals surface area contributed by atoms with Gasteiger partial charge in [-0.25, -0.2) is 0 Å². The van der Waals surface area contributed by atoms with Crippen LogP contribution in [-0.4, -0.2) is 66.6 Å². The topological polar surface area (TPSA) is 168 Å². The number of nitrogens with two attached hydrogens (primary N) is 1. The molecule has 1 aromatic heterocycles. The molecule has 13 heteroatoms. The summed E-state index contributed by atoms with van der Waals surface area (Å²) < 4.78 is 17.6. The summed E-state index contributed by atoms with van der Waals surface area (Å²) in [5.41, 5.74) is 8.04. The second-order valence-electron chi connectivity index (χ2n) is 10.3. The van der Waals surface area contributed by atoms with Crippen LogP contribution in [0.1, 0.15) is 40.2 Å². The van der Waals surface area contributed by atoms with Crippen molar-refractivity contribution in [2.75, 3.05) is 31.6 Å². The second kappa shape index (κ2) is 11.1. The molecule has 6 N–H and O–H groups in total. The van der Waals surface area contributed by atoms with Gasteiger partial charge in [0.1, 0.15) is 11.9 Å². The van der Waals surface area contributed by atoms with Crippen LogP contribution in [0.5, 0.6) is 11.5 Å².